The number of fused-ring (bicyclic) bond motifs is 1. The summed E-state index contributed by atoms with van der Waals surface area (Å²) in [6.07, 6.45) is 5.35. The highest BCUT2D eigenvalue weighted by molar-refractivity contribution is 5.71. The molecular weight excluding hydrogens is 282 g/mol. The second-order valence-corrected chi connectivity index (χ2v) is 5.96. The van der Waals surface area contributed by atoms with E-state index in [0.717, 1.165) is 25.7 Å². The van der Waals surface area contributed by atoms with Crippen molar-refractivity contribution in [3.05, 3.63) is 26.7 Å². The Morgan fingerprint density at radius 1 is 1.23 bits per heavy atom. The van der Waals surface area contributed by atoms with Gasteiger partial charge in [0.15, 0.2) is 11.2 Å². The van der Waals surface area contributed by atoms with Crippen molar-refractivity contribution >= 4 is 11.2 Å². The lowest BCUT2D eigenvalue weighted by Gasteiger charge is -2.24. The molecule has 0 atom stereocenters. The van der Waals surface area contributed by atoms with Crippen molar-refractivity contribution in [3.63, 3.8) is 0 Å². The largest absolute Gasteiger partial charge is 0.332 e. The zero-order valence-electron chi connectivity index (χ0n) is 13.2. The number of imidazole rings is 1. The summed E-state index contributed by atoms with van der Waals surface area (Å²) < 4.78 is 4.75. The van der Waals surface area contributed by atoms with Gasteiger partial charge in [-0.2, -0.15) is 0 Å². The Morgan fingerprint density at radius 3 is 2.50 bits per heavy atom. The number of aryl methyl sites for hydroxylation is 1. The van der Waals surface area contributed by atoms with Gasteiger partial charge < -0.3 is 10.3 Å². The van der Waals surface area contributed by atoms with Crippen LogP contribution in [0.1, 0.15) is 50.9 Å². The molecule has 2 N–H and O–H groups in total. The average Bonchev–Trinajstić information content (AvgIpc) is 2.92. The van der Waals surface area contributed by atoms with Gasteiger partial charge in [-0.3, -0.25) is 13.9 Å². The monoisotopic (exact) mass is 305 g/mol. The van der Waals surface area contributed by atoms with Gasteiger partial charge in [-0.25, -0.2) is 9.78 Å². The van der Waals surface area contributed by atoms with Crippen LogP contribution >= 0.6 is 0 Å². The third-order valence-corrected chi connectivity index (χ3v) is 4.70. The Hall–Kier alpha value is -1.89. The van der Waals surface area contributed by atoms with Crippen LogP contribution in [-0.2, 0) is 20.1 Å². The standard InChI is InChI=1S/C15H23N5O2/c1-3-19-11(9-16)17-13-12(19)14(21)18(2)15(22)20(13)10-7-5-4-6-8-10/h10H,3-9,16H2,1-2H3. The van der Waals surface area contributed by atoms with Crippen LogP contribution in [-0.4, -0.2) is 18.7 Å². The molecule has 1 saturated carbocycles. The van der Waals surface area contributed by atoms with Crippen LogP contribution in [0.25, 0.3) is 11.2 Å². The third kappa shape index (κ3) is 2.11. The number of hydrogen-bond donors (Lipinski definition) is 1. The van der Waals surface area contributed by atoms with E-state index in [1.54, 1.807) is 11.6 Å². The van der Waals surface area contributed by atoms with Crippen molar-refractivity contribution < 1.29 is 0 Å². The second-order valence-electron chi connectivity index (χ2n) is 5.96. The number of hydrogen-bond acceptors (Lipinski definition) is 4. The Labute approximate surface area is 128 Å². The van der Waals surface area contributed by atoms with E-state index < -0.39 is 0 Å². The van der Waals surface area contributed by atoms with Crippen LogP contribution in [0.2, 0.25) is 0 Å². The van der Waals surface area contributed by atoms with Gasteiger partial charge in [-0.05, 0) is 19.8 Å². The Bertz CT molecular complexity index is 808. The van der Waals surface area contributed by atoms with Crippen molar-refractivity contribution in [1.29, 1.82) is 0 Å². The molecule has 7 heteroatoms. The van der Waals surface area contributed by atoms with Crippen LogP contribution < -0.4 is 17.0 Å². The molecule has 1 aliphatic rings. The molecule has 0 amide bonds. The Morgan fingerprint density at radius 2 is 1.91 bits per heavy atom. The highest BCUT2D eigenvalue weighted by Gasteiger charge is 2.24. The average molecular weight is 305 g/mol. The Balaban J connectivity index is 2.38. The number of rotatable bonds is 3. The maximum absolute atomic E-state index is 12.6. The summed E-state index contributed by atoms with van der Waals surface area (Å²) in [5.41, 5.74) is 6.20. The minimum Gasteiger partial charge on any atom is -0.324 e. The fraction of sp³-hybridized carbons (Fsp3) is 0.667. The molecule has 120 valence electrons. The maximum atomic E-state index is 12.6. The number of nitrogens with zero attached hydrogens (tertiary/aromatic N) is 4. The smallest absolute Gasteiger partial charge is 0.324 e. The molecule has 0 bridgehead atoms. The summed E-state index contributed by atoms with van der Waals surface area (Å²) in [6.45, 7) is 2.82. The van der Waals surface area contributed by atoms with Gasteiger partial charge in [0.2, 0.25) is 0 Å². The fourth-order valence-corrected chi connectivity index (χ4v) is 3.53. The predicted octanol–water partition coefficient (Wildman–Crippen LogP) is 0.880. The lowest BCUT2D eigenvalue weighted by atomic mass is 9.95. The minimum atomic E-state index is -0.291. The van der Waals surface area contributed by atoms with Gasteiger partial charge in [0.25, 0.3) is 5.56 Å². The molecule has 0 unspecified atom stereocenters. The number of nitrogens with two attached hydrogens (primary N) is 1. The van der Waals surface area contributed by atoms with Crippen molar-refractivity contribution in [2.75, 3.05) is 0 Å². The molecule has 22 heavy (non-hydrogen) atoms. The van der Waals surface area contributed by atoms with Gasteiger partial charge in [0.05, 0.1) is 6.54 Å². The van der Waals surface area contributed by atoms with Crippen molar-refractivity contribution in [2.45, 2.75) is 58.2 Å². The molecule has 2 aromatic heterocycles. The highest BCUT2D eigenvalue weighted by atomic mass is 16.2. The molecule has 1 aliphatic carbocycles. The van der Waals surface area contributed by atoms with Gasteiger partial charge >= 0.3 is 5.69 Å². The first-order valence-electron chi connectivity index (χ1n) is 8.00. The van der Waals surface area contributed by atoms with Gasteiger partial charge in [-0.1, -0.05) is 19.3 Å². The minimum absolute atomic E-state index is 0.126. The molecule has 0 radical (unpaired) electrons. The Kier molecular flexibility index (Phi) is 3.90. The van der Waals surface area contributed by atoms with Crippen LogP contribution in [0.15, 0.2) is 9.59 Å². The lowest BCUT2D eigenvalue weighted by molar-refractivity contribution is 0.344. The van der Waals surface area contributed by atoms with Crippen molar-refractivity contribution in [3.8, 4) is 0 Å². The first-order chi connectivity index (χ1) is 10.6. The van der Waals surface area contributed by atoms with Crippen molar-refractivity contribution in [1.82, 2.24) is 18.7 Å². The van der Waals surface area contributed by atoms with Crippen LogP contribution in [0.4, 0.5) is 0 Å². The summed E-state index contributed by atoms with van der Waals surface area (Å²) in [6, 6.07) is 0.126. The van der Waals surface area contributed by atoms with Gasteiger partial charge in [-0.15, -0.1) is 0 Å². The quantitative estimate of drug-likeness (QED) is 0.912. The predicted molar refractivity (Wildman–Crippen MR) is 84.9 cm³/mol. The van der Waals surface area contributed by atoms with Crippen molar-refractivity contribution in [2.24, 2.45) is 12.8 Å². The van der Waals surface area contributed by atoms with E-state index in [1.165, 1.54) is 11.0 Å². The van der Waals surface area contributed by atoms with Gasteiger partial charge in [0.1, 0.15) is 5.82 Å². The molecule has 7 nitrogen and oxygen atoms in total. The molecule has 0 saturated heterocycles. The number of aromatic nitrogens is 4. The lowest BCUT2D eigenvalue weighted by Crippen LogP contribution is -2.40. The van der Waals surface area contributed by atoms with E-state index in [0.29, 0.717) is 23.5 Å². The normalized spacial score (nSPS) is 16.5. The second kappa shape index (κ2) is 5.72. The topological polar surface area (TPSA) is 87.8 Å². The van der Waals surface area contributed by atoms with Crippen LogP contribution in [0.3, 0.4) is 0 Å². The van der Waals surface area contributed by atoms with E-state index >= 15 is 0 Å². The first-order valence-corrected chi connectivity index (χ1v) is 8.00. The summed E-state index contributed by atoms with van der Waals surface area (Å²) in [4.78, 5) is 29.7. The van der Waals surface area contributed by atoms with E-state index in [1.807, 2.05) is 11.5 Å². The summed E-state index contributed by atoms with van der Waals surface area (Å²) >= 11 is 0. The molecular formula is C15H23N5O2. The molecule has 1 fully saturated rings. The molecule has 3 rings (SSSR count). The summed E-state index contributed by atoms with van der Waals surface area (Å²) in [5, 5.41) is 0. The maximum Gasteiger partial charge on any atom is 0.332 e. The third-order valence-electron chi connectivity index (χ3n) is 4.70. The van der Waals surface area contributed by atoms with E-state index in [4.69, 9.17) is 5.73 Å². The van der Waals surface area contributed by atoms with Crippen LogP contribution in [0, 0.1) is 0 Å². The molecule has 0 aromatic carbocycles. The highest BCUT2D eigenvalue weighted by Crippen LogP contribution is 2.28. The van der Waals surface area contributed by atoms with Crippen LogP contribution in [0.5, 0.6) is 0 Å². The van der Waals surface area contributed by atoms with E-state index in [9.17, 15) is 9.59 Å². The van der Waals surface area contributed by atoms with E-state index in [-0.39, 0.29) is 23.8 Å². The summed E-state index contributed by atoms with van der Waals surface area (Å²) in [5.74, 6) is 0.657. The molecule has 0 spiro atoms. The zero-order chi connectivity index (χ0) is 15.9. The fourth-order valence-electron chi connectivity index (χ4n) is 3.53. The molecule has 2 heterocycles. The molecule has 2 aromatic rings. The molecule has 0 aliphatic heterocycles. The van der Waals surface area contributed by atoms with Gasteiger partial charge in [0, 0.05) is 19.6 Å². The summed E-state index contributed by atoms with van der Waals surface area (Å²) in [7, 11) is 1.54. The SMILES string of the molecule is CCn1c(CN)nc2c1c(=O)n(C)c(=O)n2C1CCCCC1. The first kappa shape index (κ1) is 15.0. The van der Waals surface area contributed by atoms with E-state index in [2.05, 4.69) is 4.98 Å². The zero-order valence-corrected chi connectivity index (χ0v) is 13.2.